The summed E-state index contributed by atoms with van der Waals surface area (Å²) in [7, 11) is 0. The minimum atomic E-state index is -0.431. The maximum atomic E-state index is 12.0. The van der Waals surface area contributed by atoms with Gasteiger partial charge in [-0.3, -0.25) is 4.98 Å². The van der Waals surface area contributed by atoms with Crippen LogP contribution in [0.15, 0.2) is 18.5 Å². The van der Waals surface area contributed by atoms with Gasteiger partial charge < -0.3 is 15.0 Å². The predicted octanol–water partition coefficient (Wildman–Crippen LogP) is 3.20. The van der Waals surface area contributed by atoms with E-state index in [1.54, 1.807) is 4.90 Å². The topological polar surface area (TPSA) is 54.5 Å². The van der Waals surface area contributed by atoms with E-state index in [0.29, 0.717) is 6.04 Å². The first kappa shape index (κ1) is 15.6. The van der Waals surface area contributed by atoms with E-state index in [4.69, 9.17) is 4.74 Å². The van der Waals surface area contributed by atoms with Crippen LogP contribution >= 0.6 is 0 Å². The van der Waals surface area contributed by atoms with E-state index in [1.165, 1.54) is 0 Å². The van der Waals surface area contributed by atoms with Crippen LogP contribution in [0.3, 0.4) is 0 Å². The van der Waals surface area contributed by atoms with Crippen LogP contribution in [0.4, 0.5) is 10.5 Å². The maximum absolute atomic E-state index is 12.0. The number of anilines is 1. The van der Waals surface area contributed by atoms with Crippen LogP contribution in [-0.4, -0.2) is 40.7 Å². The van der Waals surface area contributed by atoms with Crippen molar-refractivity contribution >= 4 is 11.8 Å². The first-order valence-electron chi connectivity index (χ1n) is 7.49. The number of hydrogen-bond acceptors (Lipinski definition) is 4. The molecule has 0 spiro atoms. The summed E-state index contributed by atoms with van der Waals surface area (Å²) in [5.41, 5.74) is 1.76. The van der Waals surface area contributed by atoms with E-state index in [-0.39, 0.29) is 6.09 Å². The zero-order valence-electron chi connectivity index (χ0n) is 13.3. The average Bonchev–Trinajstić information content (AvgIpc) is 2.37. The van der Waals surface area contributed by atoms with Gasteiger partial charge in [-0.05, 0) is 52.2 Å². The maximum Gasteiger partial charge on any atom is 0.410 e. The number of amides is 1. The average molecular weight is 291 g/mol. The highest BCUT2D eigenvalue weighted by atomic mass is 16.6. The Morgan fingerprint density at radius 1 is 1.33 bits per heavy atom. The lowest BCUT2D eigenvalue weighted by Gasteiger charge is -2.34. The fraction of sp³-hybridized carbons (Fsp3) is 0.625. The van der Waals surface area contributed by atoms with E-state index in [9.17, 15) is 4.79 Å². The Hall–Kier alpha value is -1.78. The van der Waals surface area contributed by atoms with Crippen LogP contribution in [0.25, 0.3) is 0 Å². The third-order valence-electron chi connectivity index (χ3n) is 3.39. The number of carbonyl (C=O) groups is 1. The number of ether oxygens (including phenoxy) is 1. The van der Waals surface area contributed by atoms with Crippen molar-refractivity contribution in [3.8, 4) is 0 Å². The summed E-state index contributed by atoms with van der Waals surface area (Å²) in [5, 5.41) is 3.49. The second-order valence-corrected chi connectivity index (χ2v) is 6.64. The van der Waals surface area contributed by atoms with Crippen molar-refractivity contribution in [2.24, 2.45) is 0 Å². The van der Waals surface area contributed by atoms with Crippen LogP contribution in [0.5, 0.6) is 0 Å². The number of hydrogen-bond donors (Lipinski definition) is 1. The summed E-state index contributed by atoms with van der Waals surface area (Å²) in [5.74, 6) is 0. The lowest BCUT2D eigenvalue weighted by molar-refractivity contribution is 0.0210. The van der Waals surface area contributed by atoms with Gasteiger partial charge in [0.15, 0.2) is 0 Å². The van der Waals surface area contributed by atoms with E-state index < -0.39 is 5.60 Å². The molecule has 1 aliphatic rings. The summed E-state index contributed by atoms with van der Waals surface area (Å²) >= 11 is 0. The monoisotopic (exact) mass is 291 g/mol. The van der Waals surface area contributed by atoms with Crippen LogP contribution < -0.4 is 5.32 Å². The summed E-state index contributed by atoms with van der Waals surface area (Å²) in [6.45, 7) is 9.17. The van der Waals surface area contributed by atoms with E-state index in [0.717, 1.165) is 37.2 Å². The highest BCUT2D eigenvalue weighted by Gasteiger charge is 2.26. The zero-order chi connectivity index (χ0) is 15.5. The Bertz CT molecular complexity index is 489. The van der Waals surface area contributed by atoms with Gasteiger partial charge in [-0.25, -0.2) is 4.79 Å². The number of nitrogens with one attached hydrogen (secondary N) is 1. The van der Waals surface area contributed by atoms with Crippen molar-refractivity contribution in [1.82, 2.24) is 9.88 Å². The highest BCUT2D eigenvalue weighted by Crippen LogP contribution is 2.18. The van der Waals surface area contributed by atoms with Crippen LogP contribution in [0, 0.1) is 6.92 Å². The van der Waals surface area contributed by atoms with Gasteiger partial charge in [-0.1, -0.05) is 0 Å². The normalized spacial score (nSPS) is 16.7. The number of pyridine rings is 1. The molecule has 0 unspecified atom stereocenters. The van der Waals surface area contributed by atoms with Crippen LogP contribution in [0.1, 0.15) is 39.2 Å². The second-order valence-electron chi connectivity index (χ2n) is 6.64. The summed E-state index contributed by atoms with van der Waals surface area (Å²) in [6.07, 6.45) is 5.32. The zero-order valence-corrected chi connectivity index (χ0v) is 13.3. The standard InChI is InChI=1S/C16H25N3O2/c1-12-9-14(11-17-10-12)18-13-5-7-19(8-6-13)15(20)21-16(2,3)4/h9-11,13,18H,5-8H2,1-4H3. The van der Waals surface area contributed by atoms with Gasteiger partial charge in [0, 0.05) is 31.5 Å². The molecule has 0 aliphatic carbocycles. The smallest absolute Gasteiger partial charge is 0.410 e. The Morgan fingerprint density at radius 2 is 2.00 bits per heavy atom. The molecule has 2 rings (SSSR count). The first-order chi connectivity index (χ1) is 9.83. The van der Waals surface area contributed by atoms with Crippen LogP contribution in [-0.2, 0) is 4.74 Å². The first-order valence-corrected chi connectivity index (χ1v) is 7.49. The quantitative estimate of drug-likeness (QED) is 0.909. The number of likely N-dealkylation sites (tertiary alicyclic amines) is 1. The molecule has 0 radical (unpaired) electrons. The molecule has 1 aromatic heterocycles. The molecule has 2 heterocycles. The molecule has 1 saturated heterocycles. The lowest BCUT2D eigenvalue weighted by Crippen LogP contribution is -2.44. The SMILES string of the molecule is Cc1cncc(NC2CCN(C(=O)OC(C)(C)C)CC2)c1. The Labute approximate surface area is 126 Å². The van der Waals surface area contributed by atoms with Gasteiger partial charge in [0.2, 0.25) is 0 Å². The van der Waals surface area contributed by atoms with Gasteiger partial charge in [0.25, 0.3) is 0 Å². The summed E-state index contributed by atoms with van der Waals surface area (Å²) in [4.78, 5) is 18.0. The molecule has 5 nitrogen and oxygen atoms in total. The van der Waals surface area contributed by atoms with Gasteiger partial charge in [0.1, 0.15) is 5.60 Å². The fourth-order valence-electron chi connectivity index (χ4n) is 2.40. The molecule has 0 bridgehead atoms. The Kier molecular flexibility index (Phi) is 4.70. The van der Waals surface area contributed by atoms with Crippen molar-refractivity contribution in [3.05, 3.63) is 24.0 Å². The van der Waals surface area contributed by atoms with Crippen molar-refractivity contribution in [2.45, 2.75) is 52.2 Å². The van der Waals surface area contributed by atoms with Crippen molar-refractivity contribution in [1.29, 1.82) is 0 Å². The number of nitrogens with zero attached hydrogens (tertiary/aromatic N) is 2. The summed E-state index contributed by atoms with van der Waals surface area (Å²) in [6, 6.07) is 2.47. The van der Waals surface area contributed by atoms with Crippen LogP contribution in [0.2, 0.25) is 0 Å². The molecular weight excluding hydrogens is 266 g/mol. The molecule has 1 N–H and O–H groups in total. The van der Waals surface area contributed by atoms with Crippen molar-refractivity contribution in [2.75, 3.05) is 18.4 Å². The molecule has 1 amide bonds. The second kappa shape index (κ2) is 6.33. The molecule has 5 heteroatoms. The molecule has 0 aromatic carbocycles. The van der Waals surface area contributed by atoms with E-state index >= 15 is 0 Å². The van der Waals surface area contributed by atoms with E-state index in [2.05, 4.69) is 16.4 Å². The predicted molar refractivity (Wildman–Crippen MR) is 83.4 cm³/mol. The number of aryl methyl sites for hydroxylation is 1. The van der Waals surface area contributed by atoms with Gasteiger partial charge in [-0.15, -0.1) is 0 Å². The van der Waals surface area contributed by atoms with E-state index in [1.807, 2.05) is 40.1 Å². The largest absolute Gasteiger partial charge is 0.444 e. The molecular formula is C16H25N3O2. The fourth-order valence-corrected chi connectivity index (χ4v) is 2.40. The molecule has 1 aliphatic heterocycles. The number of carbonyl (C=O) groups excluding carboxylic acids is 1. The molecule has 116 valence electrons. The highest BCUT2D eigenvalue weighted by molar-refractivity contribution is 5.68. The molecule has 1 fully saturated rings. The minimum absolute atomic E-state index is 0.210. The Balaban J connectivity index is 1.82. The third kappa shape index (κ3) is 4.92. The minimum Gasteiger partial charge on any atom is -0.444 e. The lowest BCUT2D eigenvalue weighted by atomic mass is 10.1. The molecule has 0 atom stereocenters. The Morgan fingerprint density at radius 3 is 2.57 bits per heavy atom. The number of aromatic nitrogens is 1. The summed E-state index contributed by atoms with van der Waals surface area (Å²) < 4.78 is 5.40. The van der Waals surface area contributed by atoms with Gasteiger partial charge in [0.05, 0.1) is 5.69 Å². The van der Waals surface area contributed by atoms with Gasteiger partial charge in [-0.2, -0.15) is 0 Å². The number of rotatable bonds is 2. The molecule has 0 saturated carbocycles. The molecule has 1 aromatic rings. The third-order valence-corrected chi connectivity index (χ3v) is 3.39. The van der Waals surface area contributed by atoms with Gasteiger partial charge >= 0.3 is 6.09 Å². The van der Waals surface area contributed by atoms with Crippen molar-refractivity contribution < 1.29 is 9.53 Å². The molecule has 21 heavy (non-hydrogen) atoms. The van der Waals surface area contributed by atoms with Crippen molar-refractivity contribution in [3.63, 3.8) is 0 Å². The number of piperidine rings is 1.